The predicted molar refractivity (Wildman–Crippen MR) is 68.3 cm³/mol. The Balaban J connectivity index is 0. The summed E-state index contributed by atoms with van der Waals surface area (Å²) in [5.74, 6) is 0. The standard InChI is InChI=1S/2C5H5.C4H11N.Fe/c2*1-2-4-5-3-1;1-4-5(2)3;/h2*1-5H;4H2,1-3H3;/q-5;-1;;. The second-order valence-corrected chi connectivity index (χ2v) is 3.32. The van der Waals surface area contributed by atoms with Gasteiger partial charge < -0.3 is 35.2 Å². The third-order valence-electron chi connectivity index (χ3n) is 1.74. The van der Waals surface area contributed by atoms with E-state index in [9.17, 15) is 0 Å². The maximum Gasteiger partial charge on any atom is 0 e. The van der Waals surface area contributed by atoms with Crippen molar-refractivity contribution in [1.82, 2.24) is 4.90 Å². The van der Waals surface area contributed by atoms with Crippen LogP contribution in [-0.4, -0.2) is 25.5 Å². The van der Waals surface area contributed by atoms with E-state index in [2.05, 4.69) is 25.9 Å². The van der Waals surface area contributed by atoms with Crippen molar-refractivity contribution in [2.24, 2.45) is 0 Å². The van der Waals surface area contributed by atoms with E-state index >= 15 is 0 Å². The van der Waals surface area contributed by atoms with Gasteiger partial charge in [0.25, 0.3) is 0 Å². The molecule has 0 aliphatic rings. The Morgan fingerprint density at radius 3 is 1.31 bits per heavy atom. The van der Waals surface area contributed by atoms with Crippen LogP contribution in [0.3, 0.4) is 0 Å². The first-order valence-electron chi connectivity index (χ1n) is 5.25. The van der Waals surface area contributed by atoms with Crippen molar-refractivity contribution >= 4 is 0 Å². The molecule has 2 heteroatoms. The van der Waals surface area contributed by atoms with Crippen LogP contribution in [0, 0.1) is 0 Å². The molecule has 0 radical (unpaired) electrons. The molecule has 0 bridgehead atoms. The molecule has 0 atom stereocenters. The van der Waals surface area contributed by atoms with E-state index in [0.717, 1.165) is 6.54 Å². The number of nitrogens with zero attached hydrogens (tertiary/aromatic N) is 1. The molecule has 0 aliphatic heterocycles. The van der Waals surface area contributed by atoms with E-state index in [1.165, 1.54) is 0 Å². The Bertz CT molecular complexity index is 198. The maximum atomic E-state index is 2.12. The molecule has 0 aromatic heterocycles. The maximum absolute atomic E-state index is 2.12. The van der Waals surface area contributed by atoms with E-state index in [0.29, 0.717) is 0 Å². The summed E-state index contributed by atoms with van der Waals surface area (Å²) in [6.45, 7) is 3.26. The average Bonchev–Trinajstić information content (AvgIpc) is 2.96. The molecule has 0 unspecified atom stereocenters. The van der Waals surface area contributed by atoms with Gasteiger partial charge in [0.2, 0.25) is 0 Å². The number of rotatable bonds is 1. The zero-order chi connectivity index (χ0) is 11.4. The summed E-state index contributed by atoms with van der Waals surface area (Å²) in [7, 11) is 4.11. The monoisotopic (exact) mass is 259 g/mol. The Kier molecular flexibility index (Phi) is 15.6. The van der Waals surface area contributed by atoms with Crippen molar-refractivity contribution in [2.45, 2.75) is 6.92 Å². The normalized spacial score (nSPS) is 8.00. The van der Waals surface area contributed by atoms with Gasteiger partial charge in [0.1, 0.15) is 0 Å². The van der Waals surface area contributed by atoms with Gasteiger partial charge >= 0.3 is 0 Å². The summed E-state index contributed by atoms with van der Waals surface area (Å²) < 4.78 is 0. The largest absolute Gasteiger partial charge is 0.748 e. The molecule has 2 rings (SSSR count). The van der Waals surface area contributed by atoms with Crippen LogP contribution in [0.1, 0.15) is 6.92 Å². The van der Waals surface area contributed by atoms with Crippen LogP contribution in [0.2, 0.25) is 0 Å². The topological polar surface area (TPSA) is 3.24 Å². The fourth-order valence-corrected chi connectivity index (χ4v) is 0.642. The van der Waals surface area contributed by atoms with Crippen LogP contribution in [0.4, 0.5) is 0 Å². The van der Waals surface area contributed by atoms with Gasteiger partial charge in [0.15, 0.2) is 0 Å². The number of hydrogen-bond donors (Lipinski definition) is 0. The fraction of sp³-hybridized carbons (Fsp3) is 0.286. The average molecular weight is 259 g/mol. The van der Waals surface area contributed by atoms with E-state index < -0.39 is 0 Å². The summed E-state index contributed by atoms with van der Waals surface area (Å²) in [6, 6.07) is 20.0. The van der Waals surface area contributed by atoms with Crippen molar-refractivity contribution in [2.75, 3.05) is 20.6 Å². The molecule has 0 saturated heterocycles. The molecule has 0 aliphatic carbocycles. The van der Waals surface area contributed by atoms with Gasteiger partial charge in [0, 0.05) is 17.1 Å². The summed E-state index contributed by atoms with van der Waals surface area (Å²) in [6.07, 6.45) is 0. The minimum Gasteiger partial charge on any atom is -0.748 e. The molecule has 0 N–H and O–H groups in total. The minimum absolute atomic E-state index is 0. The van der Waals surface area contributed by atoms with Crippen LogP contribution < -0.4 is 0 Å². The molecule has 16 heavy (non-hydrogen) atoms. The summed E-state index contributed by atoms with van der Waals surface area (Å²) >= 11 is 0. The van der Waals surface area contributed by atoms with Crippen LogP contribution in [-0.2, 0) is 17.1 Å². The summed E-state index contributed by atoms with van der Waals surface area (Å²) in [4.78, 5) is 2.12. The smallest absolute Gasteiger partial charge is 0 e. The summed E-state index contributed by atoms with van der Waals surface area (Å²) in [5.41, 5.74) is 0. The molecule has 1 nitrogen and oxygen atoms in total. The molecule has 2 aromatic rings. The Hall–Kier alpha value is -0.821. The molecule has 0 amide bonds. The first-order valence-corrected chi connectivity index (χ1v) is 5.25. The Morgan fingerprint density at radius 2 is 1.19 bits per heavy atom. The van der Waals surface area contributed by atoms with E-state index in [-0.39, 0.29) is 17.1 Å². The van der Waals surface area contributed by atoms with Crippen LogP contribution in [0.5, 0.6) is 0 Å². The van der Waals surface area contributed by atoms with Crippen molar-refractivity contribution in [3.8, 4) is 0 Å². The third-order valence-corrected chi connectivity index (χ3v) is 1.74. The predicted octanol–water partition coefficient (Wildman–Crippen LogP) is 3.38. The van der Waals surface area contributed by atoms with E-state index in [1.54, 1.807) is 0 Å². The second kappa shape index (κ2) is 14.2. The van der Waals surface area contributed by atoms with Crippen molar-refractivity contribution in [1.29, 1.82) is 0 Å². The van der Waals surface area contributed by atoms with Crippen molar-refractivity contribution in [3.05, 3.63) is 60.7 Å². The fourth-order valence-electron chi connectivity index (χ4n) is 0.642. The zero-order valence-electron chi connectivity index (χ0n) is 10.3. The molecule has 2 aromatic carbocycles. The Morgan fingerprint density at radius 1 is 0.875 bits per heavy atom. The molecule has 0 fully saturated rings. The first-order chi connectivity index (χ1) is 7.27. The van der Waals surface area contributed by atoms with E-state index in [4.69, 9.17) is 0 Å². The van der Waals surface area contributed by atoms with Gasteiger partial charge in [-0.2, -0.15) is 18.2 Å². The van der Waals surface area contributed by atoms with Gasteiger partial charge in [-0.25, -0.2) is 12.1 Å². The van der Waals surface area contributed by atoms with Gasteiger partial charge in [-0.3, -0.25) is 0 Å². The van der Waals surface area contributed by atoms with Crippen molar-refractivity contribution < 1.29 is 17.1 Å². The SMILES string of the molecule is CCN(C)C.[Fe].[cH-]1[cH-][cH-][cH-][cH-]1.c1cc[cH-]c1. The van der Waals surface area contributed by atoms with Crippen LogP contribution >= 0.6 is 0 Å². The van der Waals surface area contributed by atoms with Crippen molar-refractivity contribution in [3.63, 3.8) is 0 Å². The van der Waals surface area contributed by atoms with E-state index in [1.807, 2.05) is 60.7 Å². The number of hydrogen-bond acceptors (Lipinski definition) is 1. The zero-order valence-corrected chi connectivity index (χ0v) is 11.4. The molecule has 0 saturated carbocycles. The first kappa shape index (κ1) is 17.6. The Labute approximate surface area is 110 Å². The van der Waals surface area contributed by atoms with Gasteiger partial charge in [-0.15, -0.1) is 0 Å². The molecule has 0 spiro atoms. The third kappa shape index (κ3) is 15.6. The van der Waals surface area contributed by atoms with Gasteiger partial charge in [-0.1, -0.05) is 6.92 Å². The van der Waals surface area contributed by atoms with Gasteiger partial charge in [-0.05, 0) is 20.6 Å². The molecule has 0 heterocycles. The second-order valence-electron chi connectivity index (χ2n) is 3.32. The minimum atomic E-state index is 0. The molecular formula is C14H21FeN-6. The molecule has 96 valence electrons. The quantitative estimate of drug-likeness (QED) is 0.560. The summed E-state index contributed by atoms with van der Waals surface area (Å²) in [5, 5.41) is 0. The van der Waals surface area contributed by atoms with Crippen LogP contribution in [0.25, 0.3) is 0 Å². The molecular weight excluding hydrogens is 238 g/mol. The van der Waals surface area contributed by atoms with Gasteiger partial charge in [0.05, 0.1) is 0 Å². The van der Waals surface area contributed by atoms with Crippen LogP contribution in [0.15, 0.2) is 60.7 Å².